The fraction of sp³-hybridized carbons (Fsp3) is 0.467. The van der Waals surface area contributed by atoms with Gasteiger partial charge in [-0.2, -0.15) is 5.26 Å². The van der Waals surface area contributed by atoms with Crippen molar-refractivity contribution in [3.8, 4) is 6.07 Å². The zero-order chi connectivity index (χ0) is 14.5. The second-order valence-corrected chi connectivity index (χ2v) is 5.13. The maximum atomic E-state index is 12.3. The minimum atomic E-state index is -0.337. The molecule has 1 aliphatic heterocycles. The van der Waals surface area contributed by atoms with Gasteiger partial charge < -0.3 is 10.0 Å². The van der Waals surface area contributed by atoms with E-state index in [-0.39, 0.29) is 12.0 Å². The van der Waals surface area contributed by atoms with Crippen molar-refractivity contribution in [2.75, 3.05) is 32.7 Å². The molecule has 1 saturated heterocycles. The topological polar surface area (TPSA) is 67.6 Å². The molecule has 0 aliphatic carbocycles. The summed E-state index contributed by atoms with van der Waals surface area (Å²) in [4.78, 5) is 16.3. The van der Waals surface area contributed by atoms with Gasteiger partial charge in [0.05, 0.1) is 17.7 Å². The van der Waals surface area contributed by atoms with Gasteiger partial charge >= 0.3 is 0 Å². The van der Waals surface area contributed by atoms with E-state index < -0.39 is 0 Å². The van der Waals surface area contributed by atoms with Crippen LogP contribution in [0, 0.1) is 11.3 Å². The lowest BCUT2D eigenvalue weighted by molar-refractivity contribution is 0.0554. The zero-order valence-electron chi connectivity index (χ0n) is 11.6. The van der Waals surface area contributed by atoms with Crippen LogP contribution in [0.15, 0.2) is 24.3 Å². The van der Waals surface area contributed by atoms with Crippen LogP contribution >= 0.6 is 0 Å². The number of carbonyl (C=O) groups is 1. The van der Waals surface area contributed by atoms with E-state index in [1.165, 1.54) is 0 Å². The molecule has 106 valence electrons. The predicted octanol–water partition coefficient (Wildman–Crippen LogP) is 0.697. The van der Waals surface area contributed by atoms with Crippen LogP contribution in [-0.2, 0) is 0 Å². The van der Waals surface area contributed by atoms with E-state index >= 15 is 0 Å². The van der Waals surface area contributed by atoms with Crippen molar-refractivity contribution in [2.45, 2.75) is 13.0 Å². The SMILES string of the molecule is C[C@@H](O)CN1CCN(C(=O)c2ccc(C#N)cc2)CC1. The summed E-state index contributed by atoms with van der Waals surface area (Å²) in [7, 11) is 0. The van der Waals surface area contributed by atoms with E-state index in [1.807, 2.05) is 11.0 Å². The maximum Gasteiger partial charge on any atom is 0.253 e. The highest BCUT2D eigenvalue weighted by molar-refractivity contribution is 5.94. The van der Waals surface area contributed by atoms with Crippen LogP contribution in [0.1, 0.15) is 22.8 Å². The first-order chi connectivity index (χ1) is 9.60. The first-order valence-electron chi connectivity index (χ1n) is 6.80. The monoisotopic (exact) mass is 273 g/mol. The van der Waals surface area contributed by atoms with E-state index in [1.54, 1.807) is 31.2 Å². The number of carbonyl (C=O) groups excluding carboxylic acids is 1. The van der Waals surface area contributed by atoms with Crippen LogP contribution in [-0.4, -0.2) is 59.6 Å². The molecule has 5 heteroatoms. The maximum absolute atomic E-state index is 12.3. The van der Waals surface area contributed by atoms with Crippen LogP contribution in [0.2, 0.25) is 0 Å². The van der Waals surface area contributed by atoms with Gasteiger partial charge in [-0.3, -0.25) is 9.69 Å². The van der Waals surface area contributed by atoms with Gasteiger partial charge in [0, 0.05) is 38.3 Å². The van der Waals surface area contributed by atoms with Gasteiger partial charge in [0.1, 0.15) is 0 Å². The minimum absolute atomic E-state index is 0.00573. The van der Waals surface area contributed by atoms with E-state index in [0.29, 0.717) is 30.8 Å². The molecule has 0 unspecified atom stereocenters. The largest absolute Gasteiger partial charge is 0.392 e. The number of amides is 1. The normalized spacial score (nSPS) is 17.6. The lowest BCUT2D eigenvalue weighted by Gasteiger charge is -2.35. The van der Waals surface area contributed by atoms with Gasteiger partial charge in [0.15, 0.2) is 0 Å². The Morgan fingerprint density at radius 1 is 1.30 bits per heavy atom. The molecule has 5 nitrogen and oxygen atoms in total. The number of hydrogen-bond donors (Lipinski definition) is 1. The molecule has 0 spiro atoms. The number of rotatable bonds is 3. The van der Waals surface area contributed by atoms with Gasteiger partial charge in [-0.25, -0.2) is 0 Å². The molecular weight excluding hydrogens is 254 g/mol. The standard InChI is InChI=1S/C15H19N3O2/c1-12(19)11-17-6-8-18(9-7-17)15(20)14-4-2-13(10-16)3-5-14/h2-5,12,19H,6-9,11H2,1H3/t12-/m1/s1. The molecule has 1 heterocycles. The second-order valence-electron chi connectivity index (χ2n) is 5.13. The molecule has 1 amide bonds. The van der Waals surface area contributed by atoms with Crippen LogP contribution < -0.4 is 0 Å². The van der Waals surface area contributed by atoms with Crippen molar-refractivity contribution < 1.29 is 9.90 Å². The Morgan fingerprint density at radius 2 is 1.90 bits per heavy atom. The van der Waals surface area contributed by atoms with Crippen molar-refractivity contribution in [3.05, 3.63) is 35.4 Å². The summed E-state index contributed by atoms with van der Waals surface area (Å²) in [5.74, 6) is 0.00573. The summed E-state index contributed by atoms with van der Waals surface area (Å²) in [6, 6.07) is 8.76. The van der Waals surface area contributed by atoms with E-state index in [0.717, 1.165) is 13.1 Å². The molecular formula is C15H19N3O2. The number of aliphatic hydroxyl groups is 1. The first kappa shape index (κ1) is 14.5. The third-order valence-electron chi connectivity index (χ3n) is 3.44. The molecule has 2 rings (SSSR count). The van der Waals surface area contributed by atoms with Crippen molar-refractivity contribution in [1.82, 2.24) is 9.80 Å². The van der Waals surface area contributed by atoms with Gasteiger partial charge in [-0.15, -0.1) is 0 Å². The Morgan fingerprint density at radius 3 is 2.40 bits per heavy atom. The van der Waals surface area contributed by atoms with Crippen LogP contribution in [0.3, 0.4) is 0 Å². The number of piperazine rings is 1. The van der Waals surface area contributed by atoms with Crippen LogP contribution in [0.25, 0.3) is 0 Å². The molecule has 1 atom stereocenters. The zero-order valence-corrected chi connectivity index (χ0v) is 11.6. The van der Waals surface area contributed by atoms with Gasteiger partial charge in [0.25, 0.3) is 5.91 Å². The van der Waals surface area contributed by atoms with Crippen molar-refractivity contribution in [2.24, 2.45) is 0 Å². The smallest absolute Gasteiger partial charge is 0.253 e. The third kappa shape index (κ3) is 3.56. The van der Waals surface area contributed by atoms with Gasteiger partial charge in [-0.1, -0.05) is 0 Å². The number of aliphatic hydroxyl groups excluding tert-OH is 1. The Hall–Kier alpha value is -1.90. The summed E-state index contributed by atoms with van der Waals surface area (Å²) >= 11 is 0. The number of benzene rings is 1. The van der Waals surface area contributed by atoms with Crippen molar-refractivity contribution >= 4 is 5.91 Å². The quantitative estimate of drug-likeness (QED) is 0.880. The molecule has 1 aromatic carbocycles. The Kier molecular flexibility index (Phi) is 4.72. The van der Waals surface area contributed by atoms with E-state index in [9.17, 15) is 9.90 Å². The van der Waals surface area contributed by atoms with Crippen LogP contribution in [0.4, 0.5) is 0 Å². The second kappa shape index (κ2) is 6.51. The predicted molar refractivity (Wildman–Crippen MR) is 75.2 cm³/mol. The number of hydrogen-bond acceptors (Lipinski definition) is 4. The fourth-order valence-electron chi connectivity index (χ4n) is 2.38. The molecule has 0 saturated carbocycles. The summed E-state index contributed by atoms with van der Waals surface area (Å²) in [5.41, 5.74) is 1.18. The molecule has 1 aromatic rings. The molecule has 0 radical (unpaired) electrons. The molecule has 1 N–H and O–H groups in total. The Balaban J connectivity index is 1.92. The fourth-order valence-corrected chi connectivity index (χ4v) is 2.38. The van der Waals surface area contributed by atoms with Crippen molar-refractivity contribution in [1.29, 1.82) is 5.26 Å². The third-order valence-corrected chi connectivity index (χ3v) is 3.44. The minimum Gasteiger partial charge on any atom is -0.392 e. The highest BCUT2D eigenvalue weighted by Crippen LogP contribution is 2.10. The lowest BCUT2D eigenvalue weighted by Crippen LogP contribution is -2.50. The molecule has 1 fully saturated rings. The summed E-state index contributed by atoms with van der Waals surface area (Å²) in [6.07, 6.45) is -0.337. The highest BCUT2D eigenvalue weighted by atomic mass is 16.3. The average Bonchev–Trinajstić information content (AvgIpc) is 2.47. The number of β-amino-alcohol motifs (C(OH)–C–C–N with tert-alkyl or cyclic N) is 1. The van der Waals surface area contributed by atoms with Crippen LogP contribution in [0.5, 0.6) is 0 Å². The van der Waals surface area contributed by atoms with Crippen molar-refractivity contribution in [3.63, 3.8) is 0 Å². The Bertz CT molecular complexity index is 497. The first-order valence-corrected chi connectivity index (χ1v) is 6.80. The number of nitrogens with zero attached hydrogens (tertiary/aromatic N) is 3. The molecule has 1 aliphatic rings. The van der Waals surface area contributed by atoms with E-state index in [4.69, 9.17) is 5.26 Å². The molecule has 0 bridgehead atoms. The van der Waals surface area contributed by atoms with E-state index in [2.05, 4.69) is 4.90 Å². The summed E-state index contributed by atoms with van der Waals surface area (Å²) in [5, 5.41) is 18.1. The summed E-state index contributed by atoms with van der Waals surface area (Å²) in [6.45, 7) is 5.34. The molecule has 20 heavy (non-hydrogen) atoms. The highest BCUT2D eigenvalue weighted by Gasteiger charge is 2.22. The van der Waals surface area contributed by atoms with Gasteiger partial charge in [-0.05, 0) is 31.2 Å². The average molecular weight is 273 g/mol. The number of nitriles is 1. The Labute approximate surface area is 119 Å². The summed E-state index contributed by atoms with van der Waals surface area (Å²) < 4.78 is 0. The molecule has 0 aromatic heterocycles. The lowest BCUT2D eigenvalue weighted by atomic mass is 10.1. The van der Waals surface area contributed by atoms with Gasteiger partial charge in [0.2, 0.25) is 0 Å².